The van der Waals surface area contributed by atoms with Crippen LogP contribution in [0.4, 0.5) is 5.82 Å². The Morgan fingerprint density at radius 3 is 2.70 bits per heavy atom. The zero-order chi connectivity index (χ0) is 14.1. The second kappa shape index (κ2) is 5.60. The second-order valence-electron chi connectivity index (χ2n) is 5.76. The van der Waals surface area contributed by atoms with Gasteiger partial charge in [0.15, 0.2) is 0 Å². The number of carboxylic acid groups (broad SMARTS) is 1. The van der Waals surface area contributed by atoms with E-state index in [4.69, 9.17) is 11.6 Å². The molecular formula is C15H19ClN2O2. The van der Waals surface area contributed by atoms with Crippen LogP contribution in [0.2, 0.25) is 5.15 Å². The van der Waals surface area contributed by atoms with E-state index in [1.807, 2.05) is 0 Å². The molecule has 1 atom stereocenters. The van der Waals surface area contributed by atoms with Crippen LogP contribution in [-0.2, 0) is 0 Å². The van der Waals surface area contributed by atoms with Crippen molar-refractivity contribution in [3.05, 3.63) is 22.8 Å². The molecule has 1 saturated carbocycles. The van der Waals surface area contributed by atoms with Gasteiger partial charge in [-0.1, -0.05) is 24.4 Å². The summed E-state index contributed by atoms with van der Waals surface area (Å²) in [6.07, 6.45) is 7.34. The zero-order valence-electron chi connectivity index (χ0n) is 11.4. The molecule has 1 aromatic heterocycles. The number of carboxylic acids is 1. The number of pyridine rings is 1. The minimum atomic E-state index is -0.929. The third-order valence-corrected chi connectivity index (χ3v) is 4.80. The van der Waals surface area contributed by atoms with E-state index in [0.29, 0.717) is 22.9 Å². The van der Waals surface area contributed by atoms with E-state index in [9.17, 15) is 9.90 Å². The van der Waals surface area contributed by atoms with Gasteiger partial charge in [-0.2, -0.15) is 0 Å². The number of nitrogens with zero attached hydrogens (tertiary/aromatic N) is 2. The normalized spacial score (nSPS) is 23.4. The quantitative estimate of drug-likeness (QED) is 0.866. The maximum Gasteiger partial charge on any atom is 0.339 e. The highest BCUT2D eigenvalue weighted by atomic mass is 35.5. The standard InChI is InChI=1S/C15H19ClN2O2/c16-13-8-7-11(15(19)20)14(17-13)18-9-3-6-12(18)10-4-1-2-5-10/h7-8,10,12H,1-6,9H2,(H,19,20). The van der Waals surface area contributed by atoms with Crippen molar-refractivity contribution < 1.29 is 9.90 Å². The number of rotatable bonds is 3. The maximum atomic E-state index is 11.4. The van der Waals surface area contributed by atoms with Crippen LogP contribution >= 0.6 is 11.6 Å². The fourth-order valence-electron chi connectivity index (χ4n) is 3.70. The van der Waals surface area contributed by atoms with Crippen LogP contribution in [0.5, 0.6) is 0 Å². The van der Waals surface area contributed by atoms with Gasteiger partial charge in [0.05, 0.1) is 0 Å². The van der Waals surface area contributed by atoms with Crippen molar-refractivity contribution in [3.63, 3.8) is 0 Å². The summed E-state index contributed by atoms with van der Waals surface area (Å²) in [5.74, 6) is 0.306. The molecule has 3 rings (SSSR count). The molecule has 0 amide bonds. The first kappa shape index (κ1) is 13.7. The Balaban J connectivity index is 1.94. The monoisotopic (exact) mass is 294 g/mol. The maximum absolute atomic E-state index is 11.4. The summed E-state index contributed by atoms with van der Waals surface area (Å²) < 4.78 is 0. The Kier molecular flexibility index (Phi) is 3.83. The molecule has 4 nitrogen and oxygen atoms in total. The first-order valence-corrected chi connectivity index (χ1v) is 7.71. The number of hydrogen-bond acceptors (Lipinski definition) is 3. The summed E-state index contributed by atoms with van der Waals surface area (Å²) in [5, 5.41) is 9.72. The van der Waals surface area contributed by atoms with Crippen molar-refractivity contribution >= 4 is 23.4 Å². The van der Waals surface area contributed by atoms with Gasteiger partial charge in [-0.05, 0) is 43.7 Å². The first-order chi connectivity index (χ1) is 9.66. The Bertz CT molecular complexity index is 515. The third kappa shape index (κ3) is 2.49. The molecule has 1 unspecified atom stereocenters. The molecule has 2 heterocycles. The highest BCUT2D eigenvalue weighted by Crippen LogP contribution is 2.38. The predicted octanol–water partition coefficient (Wildman–Crippen LogP) is 3.59. The lowest BCUT2D eigenvalue weighted by Crippen LogP contribution is -2.36. The van der Waals surface area contributed by atoms with Gasteiger partial charge in [-0.3, -0.25) is 0 Å². The van der Waals surface area contributed by atoms with Crippen molar-refractivity contribution in [2.24, 2.45) is 5.92 Å². The Morgan fingerprint density at radius 2 is 2.00 bits per heavy atom. The van der Waals surface area contributed by atoms with Crippen molar-refractivity contribution in [3.8, 4) is 0 Å². The minimum absolute atomic E-state index is 0.263. The van der Waals surface area contributed by atoms with E-state index < -0.39 is 5.97 Å². The topological polar surface area (TPSA) is 53.4 Å². The summed E-state index contributed by atoms with van der Waals surface area (Å²) in [5.41, 5.74) is 0.263. The molecule has 108 valence electrons. The fourth-order valence-corrected chi connectivity index (χ4v) is 3.84. The van der Waals surface area contributed by atoms with Gasteiger partial charge in [-0.25, -0.2) is 9.78 Å². The van der Waals surface area contributed by atoms with Gasteiger partial charge in [0, 0.05) is 12.6 Å². The van der Waals surface area contributed by atoms with Crippen LogP contribution in [0.15, 0.2) is 12.1 Å². The first-order valence-electron chi connectivity index (χ1n) is 7.33. The second-order valence-corrected chi connectivity index (χ2v) is 6.15. The van der Waals surface area contributed by atoms with E-state index in [1.165, 1.54) is 25.7 Å². The van der Waals surface area contributed by atoms with Gasteiger partial charge < -0.3 is 10.0 Å². The van der Waals surface area contributed by atoms with Crippen LogP contribution in [0.3, 0.4) is 0 Å². The Hall–Kier alpha value is -1.29. The predicted molar refractivity (Wildman–Crippen MR) is 78.5 cm³/mol. The lowest BCUT2D eigenvalue weighted by molar-refractivity contribution is 0.0697. The Morgan fingerprint density at radius 1 is 1.25 bits per heavy atom. The molecule has 20 heavy (non-hydrogen) atoms. The van der Waals surface area contributed by atoms with Crippen LogP contribution in [-0.4, -0.2) is 28.6 Å². The van der Waals surface area contributed by atoms with E-state index in [1.54, 1.807) is 12.1 Å². The summed E-state index contributed by atoms with van der Waals surface area (Å²) in [4.78, 5) is 17.9. The minimum Gasteiger partial charge on any atom is -0.478 e. The van der Waals surface area contributed by atoms with Crippen LogP contribution in [0.1, 0.15) is 48.9 Å². The van der Waals surface area contributed by atoms with Crippen molar-refractivity contribution in [1.29, 1.82) is 0 Å². The number of carbonyl (C=O) groups is 1. The molecule has 2 fully saturated rings. The summed E-state index contributed by atoms with van der Waals surface area (Å²) in [7, 11) is 0. The largest absolute Gasteiger partial charge is 0.478 e. The average Bonchev–Trinajstić information content (AvgIpc) is 3.09. The lowest BCUT2D eigenvalue weighted by atomic mass is 9.96. The molecular weight excluding hydrogens is 276 g/mol. The average molecular weight is 295 g/mol. The molecule has 1 saturated heterocycles. The van der Waals surface area contributed by atoms with E-state index in [0.717, 1.165) is 19.4 Å². The molecule has 1 aliphatic carbocycles. The molecule has 1 aromatic rings. The highest BCUT2D eigenvalue weighted by Gasteiger charge is 2.35. The van der Waals surface area contributed by atoms with E-state index >= 15 is 0 Å². The molecule has 2 aliphatic rings. The number of aromatic carboxylic acids is 1. The van der Waals surface area contributed by atoms with Gasteiger partial charge in [0.25, 0.3) is 0 Å². The smallest absolute Gasteiger partial charge is 0.339 e. The summed E-state index contributed by atoms with van der Waals surface area (Å²) >= 11 is 5.98. The van der Waals surface area contributed by atoms with Gasteiger partial charge in [0.2, 0.25) is 0 Å². The third-order valence-electron chi connectivity index (χ3n) is 4.59. The summed E-state index contributed by atoms with van der Waals surface area (Å²) in [6.45, 7) is 0.884. The van der Waals surface area contributed by atoms with Crippen LogP contribution < -0.4 is 4.90 Å². The number of hydrogen-bond donors (Lipinski definition) is 1. The molecule has 1 aliphatic heterocycles. The summed E-state index contributed by atoms with van der Waals surface area (Å²) in [6, 6.07) is 3.55. The SMILES string of the molecule is O=C(O)c1ccc(Cl)nc1N1CCCC1C1CCCC1. The van der Waals surface area contributed by atoms with Crippen LogP contribution in [0, 0.1) is 5.92 Å². The number of anilines is 1. The number of halogens is 1. The molecule has 1 N–H and O–H groups in total. The molecule has 0 radical (unpaired) electrons. The Labute approximate surface area is 123 Å². The molecule has 0 bridgehead atoms. The lowest BCUT2D eigenvalue weighted by Gasteiger charge is -2.31. The van der Waals surface area contributed by atoms with Gasteiger partial charge >= 0.3 is 5.97 Å². The van der Waals surface area contributed by atoms with Gasteiger partial charge in [0.1, 0.15) is 16.5 Å². The van der Waals surface area contributed by atoms with Crippen molar-refractivity contribution in [2.75, 3.05) is 11.4 Å². The number of aromatic nitrogens is 1. The highest BCUT2D eigenvalue weighted by molar-refractivity contribution is 6.29. The van der Waals surface area contributed by atoms with Crippen molar-refractivity contribution in [2.45, 2.75) is 44.6 Å². The van der Waals surface area contributed by atoms with Crippen molar-refractivity contribution in [1.82, 2.24) is 4.98 Å². The molecule has 0 spiro atoms. The zero-order valence-corrected chi connectivity index (χ0v) is 12.1. The van der Waals surface area contributed by atoms with Gasteiger partial charge in [-0.15, -0.1) is 0 Å². The fraction of sp³-hybridized carbons (Fsp3) is 0.600. The van der Waals surface area contributed by atoms with Crippen LogP contribution in [0.25, 0.3) is 0 Å². The molecule has 5 heteroatoms. The van der Waals surface area contributed by atoms with E-state index in [2.05, 4.69) is 9.88 Å². The molecule has 0 aromatic carbocycles. The van der Waals surface area contributed by atoms with E-state index in [-0.39, 0.29) is 5.56 Å².